The summed E-state index contributed by atoms with van der Waals surface area (Å²) in [6.07, 6.45) is -7.73. The maximum Gasteiger partial charge on any atom is 0.428 e. The van der Waals surface area contributed by atoms with Gasteiger partial charge < -0.3 is 14.5 Å². The molecule has 114 valence electrons. The molecule has 9 heteroatoms. The quantitative estimate of drug-likeness (QED) is 0.712. The highest BCUT2D eigenvalue weighted by Gasteiger charge is 2.47. The number of hydrogen-bond acceptors (Lipinski definition) is 4. The molecule has 0 spiro atoms. The predicted molar refractivity (Wildman–Crippen MR) is 61.6 cm³/mol. The van der Waals surface area contributed by atoms with Gasteiger partial charge in [0, 0.05) is 39.6 Å². The number of alkyl halides is 3. The summed E-state index contributed by atoms with van der Waals surface area (Å²) < 4.78 is 42.0. The first-order chi connectivity index (χ1) is 9.29. The van der Waals surface area contributed by atoms with E-state index in [1.807, 2.05) is 0 Å². The van der Waals surface area contributed by atoms with Crippen LogP contribution in [0.25, 0.3) is 0 Å². The highest BCUT2D eigenvalue weighted by atomic mass is 19.4. The minimum Gasteiger partial charge on any atom is -0.339 e. The van der Waals surface area contributed by atoms with E-state index in [0.717, 1.165) is 0 Å². The first-order valence-electron chi connectivity index (χ1n) is 6.29. The van der Waals surface area contributed by atoms with Crippen LogP contribution in [0, 0.1) is 0 Å². The van der Waals surface area contributed by atoms with E-state index < -0.39 is 24.4 Å². The van der Waals surface area contributed by atoms with Gasteiger partial charge in [0.25, 0.3) is 5.91 Å². The van der Waals surface area contributed by atoms with E-state index in [-0.39, 0.29) is 12.5 Å². The molecule has 0 aliphatic carbocycles. The summed E-state index contributed by atoms with van der Waals surface area (Å²) in [7, 11) is 0. The van der Waals surface area contributed by atoms with Crippen molar-refractivity contribution in [1.29, 1.82) is 0 Å². The van der Waals surface area contributed by atoms with E-state index in [9.17, 15) is 22.8 Å². The third kappa shape index (κ3) is 3.21. The van der Waals surface area contributed by atoms with Gasteiger partial charge in [-0.3, -0.25) is 14.9 Å². The average Bonchev–Trinajstić information content (AvgIpc) is 2.87. The number of rotatable bonds is 1. The van der Waals surface area contributed by atoms with Crippen molar-refractivity contribution in [3.05, 3.63) is 0 Å². The summed E-state index contributed by atoms with van der Waals surface area (Å²) in [5.74, 6) is -0.541. The van der Waals surface area contributed by atoms with Crippen LogP contribution in [0.1, 0.15) is 6.92 Å². The van der Waals surface area contributed by atoms with Crippen molar-refractivity contribution < 1.29 is 27.5 Å². The van der Waals surface area contributed by atoms with Crippen LogP contribution in [0.15, 0.2) is 0 Å². The summed E-state index contributed by atoms with van der Waals surface area (Å²) in [6.45, 7) is 2.70. The second kappa shape index (κ2) is 5.57. The van der Waals surface area contributed by atoms with Gasteiger partial charge in [-0.2, -0.15) is 13.2 Å². The number of hydrogen-bond donors (Lipinski definition) is 1. The van der Waals surface area contributed by atoms with Crippen molar-refractivity contribution in [3.8, 4) is 0 Å². The highest BCUT2D eigenvalue weighted by molar-refractivity contribution is 5.82. The van der Waals surface area contributed by atoms with Gasteiger partial charge in [0.1, 0.15) is 0 Å². The summed E-state index contributed by atoms with van der Waals surface area (Å²) in [5.41, 5.74) is 0. The molecular weight excluding hydrogens is 279 g/mol. The second-order valence-electron chi connectivity index (χ2n) is 4.79. The molecule has 2 fully saturated rings. The van der Waals surface area contributed by atoms with Crippen LogP contribution < -0.4 is 5.32 Å². The van der Waals surface area contributed by atoms with Gasteiger partial charge >= 0.3 is 6.18 Å². The van der Waals surface area contributed by atoms with Gasteiger partial charge in [-0.05, 0) is 0 Å². The molecule has 0 radical (unpaired) electrons. The SMILES string of the molecule is CC(=O)N1CCN(C(=O)[C@@H]2CN[C@@H](C(F)(F)F)O2)CC1. The first kappa shape index (κ1) is 15.0. The van der Waals surface area contributed by atoms with E-state index in [2.05, 4.69) is 5.32 Å². The third-order valence-corrected chi connectivity index (χ3v) is 3.40. The molecule has 2 heterocycles. The van der Waals surface area contributed by atoms with Crippen molar-refractivity contribution in [2.24, 2.45) is 0 Å². The van der Waals surface area contributed by atoms with Crippen molar-refractivity contribution in [1.82, 2.24) is 15.1 Å². The molecule has 2 rings (SSSR count). The van der Waals surface area contributed by atoms with E-state index >= 15 is 0 Å². The number of nitrogens with zero attached hydrogens (tertiary/aromatic N) is 2. The largest absolute Gasteiger partial charge is 0.428 e. The van der Waals surface area contributed by atoms with Crippen LogP contribution in [-0.4, -0.2) is 72.8 Å². The summed E-state index contributed by atoms with van der Waals surface area (Å²) in [5, 5.41) is 2.13. The fourth-order valence-corrected chi connectivity index (χ4v) is 2.26. The van der Waals surface area contributed by atoms with Gasteiger partial charge in [-0.15, -0.1) is 0 Å². The Labute approximate surface area is 113 Å². The predicted octanol–water partition coefficient (Wildman–Crippen LogP) is -0.446. The Balaban J connectivity index is 1.86. The number of carbonyl (C=O) groups excluding carboxylic acids is 2. The van der Waals surface area contributed by atoms with Crippen molar-refractivity contribution >= 4 is 11.8 Å². The molecule has 20 heavy (non-hydrogen) atoms. The lowest BCUT2D eigenvalue weighted by atomic mass is 10.2. The Bertz CT molecular complexity index is 394. The van der Waals surface area contributed by atoms with Crippen LogP contribution in [0.2, 0.25) is 0 Å². The lowest BCUT2D eigenvalue weighted by Gasteiger charge is -2.35. The number of halogens is 3. The summed E-state index contributed by atoms with van der Waals surface area (Å²) in [4.78, 5) is 26.2. The number of nitrogens with one attached hydrogen (secondary N) is 1. The van der Waals surface area contributed by atoms with E-state index in [4.69, 9.17) is 4.74 Å². The fraction of sp³-hybridized carbons (Fsp3) is 0.818. The molecule has 0 aromatic carbocycles. The van der Waals surface area contributed by atoms with Gasteiger partial charge in [-0.1, -0.05) is 0 Å². The van der Waals surface area contributed by atoms with Gasteiger partial charge in [0.15, 0.2) is 6.10 Å². The molecule has 2 aliphatic rings. The molecule has 1 N–H and O–H groups in total. The lowest BCUT2D eigenvalue weighted by Crippen LogP contribution is -2.53. The van der Waals surface area contributed by atoms with E-state index in [1.54, 1.807) is 4.90 Å². The van der Waals surface area contributed by atoms with Crippen molar-refractivity contribution in [3.63, 3.8) is 0 Å². The van der Waals surface area contributed by atoms with Crippen molar-refractivity contribution in [2.45, 2.75) is 25.4 Å². The third-order valence-electron chi connectivity index (χ3n) is 3.40. The van der Waals surface area contributed by atoms with Crippen LogP contribution in [-0.2, 0) is 14.3 Å². The smallest absolute Gasteiger partial charge is 0.339 e. The lowest BCUT2D eigenvalue weighted by molar-refractivity contribution is -0.221. The topological polar surface area (TPSA) is 61.9 Å². The maximum absolute atomic E-state index is 12.4. The molecule has 2 atom stereocenters. The Morgan fingerprint density at radius 3 is 2.15 bits per heavy atom. The monoisotopic (exact) mass is 295 g/mol. The standard InChI is InChI=1S/C11H16F3N3O3/c1-7(18)16-2-4-17(5-3-16)9(19)8-6-15-10(20-8)11(12,13)14/h8,10,15H,2-6H2,1H3/t8-,10+/m0/s1. The zero-order valence-electron chi connectivity index (χ0n) is 10.9. The van der Waals surface area contributed by atoms with E-state index in [0.29, 0.717) is 26.2 Å². The van der Waals surface area contributed by atoms with Crippen LogP contribution >= 0.6 is 0 Å². The molecule has 2 saturated heterocycles. The normalized spacial score (nSPS) is 27.8. The molecule has 2 aliphatic heterocycles. The molecule has 0 unspecified atom stereocenters. The molecule has 0 bridgehead atoms. The Kier molecular flexibility index (Phi) is 4.19. The highest BCUT2D eigenvalue weighted by Crippen LogP contribution is 2.25. The molecule has 0 aromatic heterocycles. The van der Waals surface area contributed by atoms with Crippen LogP contribution in [0.4, 0.5) is 13.2 Å². The van der Waals surface area contributed by atoms with Crippen LogP contribution in [0.5, 0.6) is 0 Å². The average molecular weight is 295 g/mol. The number of piperazine rings is 1. The molecule has 2 amide bonds. The Morgan fingerprint density at radius 2 is 1.70 bits per heavy atom. The van der Waals surface area contributed by atoms with E-state index in [1.165, 1.54) is 11.8 Å². The Morgan fingerprint density at radius 1 is 1.15 bits per heavy atom. The van der Waals surface area contributed by atoms with Crippen LogP contribution in [0.3, 0.4) is 0 Å². The molecule has 0 saturated carbocycles. The second-order valence-corrected chi connectivity index (χ2v) is 4.79. The van der Waals surface area contributed by atoms with Gasteiger partial charge in [0.05, 0.1) is 0 Å². The fourth-order valence-electron chi connectivity index (χ4n) is 2.26. The Hall–Kier alpha value is -1.35. The molecule has 6 nitrogen and oxygen atoms in total. The molecular formula is C11H16F3N3O3. The van der Waals surface area contributed by atoms with Gasteiger partial charge in [0.2, 0.25) is 12.1 Å². The number of amides is 2. The summed E-state index contributed by atoms with van der Waals surface area (Å²) >= 11 is 0. The van der Waals surface area contributed by atoms with Gasteiger partial charge in [-0.25, -0.2) is 0 Å². The first-order valence-corrected chi connectivity index (χ1v) is 6.29. The van der Waals surface area contributed by atoms with Crippen molar-refractivity contribution in [2.75, 3.05) is 32.7 Å². The minimum atomic E-state index is -4.53. The number of carbonyl (C=O) groups is 2. The zero-order chi connectivity index (χ0) is 14.9. The minimum absolute atomic E-state index is 0.0759. The zero-order valence-corrected chi connectivity index (χ0v) is 10.9. The summed E-state index contributed by atoms with van der Waals surface area (Å²) in [6, 6.07) is 0. The molecule has 0 aromatic rings. The maximum atomic E-state index is 12.4. The number of ether oxygens (including phenoxy) is 1.